The molecular weight excluding hydrogens is 514 g/mol. The third-order valence-electron chi connectivity index (χ3n) is 6.83. The van der Waals surface area contributed by atoms with Crippen molar-refractivity contribution in [3.05, 3.63) is 81.6 Å². The predicted octanol–water partition coefficient (Wildman–Crippen LogP) is 4.93. The van der Waals surface area contributed by atoms with Crippen LogP contribution in [-0.4, -0.2) is 58.1 Å². The molecule has 0 aliphatic carbocycles. The molecule has 0 spiro atoms. The molecule has 4 rings (SSSR count). The van der Waals surface area contributed by atoms with Gasteiger partial charge in [0.25, 0.3) is 11.5 Å². The van der Waals surface area contributed by atoms with E-state index in [4.69, 9.17) is 4.98 Å². The van der Waals surface area contributed by atoms with Gasteiger partial charge in [-0.2, -0.15) is 4.98 Å². The van der Waals surface area contributed by atoms with Gasteiger partial charge in [0.15, 0.2) is 5.65 Å². The van der Waals surface area contributed by atoms with Crippen LogP contribution in [0.3, 0.4) is 0 Å². The molecule has 2 aromatic heterocycles. The normalized spacial score (nSPS) is 11.3. The number of aryl methyl sites for hydroxylation is 1. The highest BCUT2D eigenvalue weighted by atomic mass is 19.1. The van der Waals surface area contributed by atoms with Gasteiger partial charge in [0.05, 0.1) is 5.69 Å². The van der Waals surface area contributed by atoms with Gasteiger partial charge in [-0.05, 0) is 75.8 Å². The number of pyridine rings is 1. The first kappa shape index (κ1) is 28.8. The van der Waals surface area contributed by atoms with Gasteiger partial charge in [-0.3, -0.25) is 14.2 Å². The Morgan fingerprint density at radius 1 is 1.00 bits per heavy atom. The highest BCUT2D eigenvalue weighted by Gasteiger charge is 2.21. The number of nitrogens with one attached hydrogen (secondary N) is 2. The summed E-state index contributed by atoms with van der Waals surface area (Å²) in [6, 6.07) is 11.5. The Bertz CT molecular complexity index is 1560. The quantitative estimate of drug-likeness (QED) is 0.258. The monoisotopic (exact) mass is 548 g/mol. The van der Waals surface area contributed by atoms with Crippen molar-refractivity contribution >= 4 is 22.9 Å². The van der Waals surface area contributed by atoms with Crippen molar-refractivity contribution in [2.75, 3.05) is 38.0 Å². The zero-order valence-electron chi connectivity index (χ0n) is 23.2. The third-order valence-corrected chi connectivity index (χ3v) is 6.83. The Morgan fingerprint density at radius 2 is 1.73 bits per heavy atom. The van der Waals surface area contributed by atoms with E-state index in [1.54, 1.807) is 18.2 Å². The minimum absolute atomic E-state index is 0.0514. The number of aromatic nitrogens is 3. The van der Waals surface area contributed by atoms with E-state index in [1.165, 1.54) is 12.1 Å². The highest BCUT2D eigenvalue weighted by molar-refractivity contribution is 5.98. The second-order valence-electron chi connectivity index (χ2n) is 9.41. The highest BCUT2D eigenvalue weighted by Crippen LogP contribution is 2.31. The molecule has 8 nitrogen and oxygen atoms in total. The Labute approximate surface area is 232 Å². The molecule has 0 aliphatic rings. The molecule has 0 atom stereocenters. The number of amides is 1. The smallest absolute Gasteiger partial charge is 0.256 e. The van der Waals surface area contributed by atoms with E-state index in [0.717, 1.165) is 48.3 Å². The largest absolute Gasteiger partial charge is 0.354 e. The van der Waals surface area contributed by atoms with Crippen LogP contribution in [0.25, 0.3) is 28.0 Å². The van der Waals surface area contributed by atoms with Crippen LogP contribution in [0.1, 0.15) is 43.1 Å². The molecule has 0 saturated carbocycles. The average molecular weight is 549 g/mol. The molecule has 4 aromatic rings. The van der Waals surface area contributed by atoms with Gasteiger partial charge in [-0.25, -0.2) is 13.8 Å². The first-order chi connectivity index (χ1) is 19.3. The Morgan fingerprint density at radius 3 is 2.40 bits per heavy atom. The maximum Gasteiger partial charge on any atom is 0.256 e. The van der Waals surface area contributed by atoms with Crippen LogP contribution in [0, 0.1) is 18.6 Å². The number of nitrogens with zero attached hydrogens (tertiary/aromatic N) is 4. The van der Waals surface area contributed by atoms with Crippen molar-refractivity contribution in [1.29, 1.82) is 0 Å². The fourth-order valence-electron chi connectivity index (χ4n) is 4.64. The van der Waals surface area contributed by atoms with Crippen molar-refractivity contribution in [2.45, 2.75) is 34.1 Å². The van der Waals surface area contributed by atoms with E-state index in [9.17, 15) is 18.4 Å². The SMILES string of the molecule is CCNC(=O)c1ccc(C)c(-c2nc(NCCCN(CC)CC)nc3c2ccc(=O)n3-c2c(F)cccc2F)c1. The van der Waals surface area contributed by atoms with Crippen molar-refractivity contribution < 1.29 is 13.6 Å². The minimum Gasteiger partial charge on any atom is -0.354 e. The van der Waals surface area contributed by atoms with Gasteiger partial charge in [0, 0.05) is 35.7 Å². The van der Waals surface area contributed by atoms with Crippen molar-refractivity contribution in [2.24, 2.45) is 0 Å². The number of carbonyl (C=O) groups is 1. The summed E-state index contributed by atoms with van der Waals surface area (Å²) in [7, 11) is 0. The number of para-hydroxylation sites is 1. The molecule has 0 saturated heterocycles. The summed E-state index contributed by atoms with van der Waals surface area (Å²) in [6.45, 7) is 11.7. The number of carbonyl (C=O) groups excluding carboxylic acids is 1. The van der Waals surface area contributed by atoms with Crippen molar-refractivity contribution in [1.82, 2.24) is 24.8 Å². The number of benzene rings is 2. The van der Waals surface area contributed by atoms with Gasteiger partial charge in [0.2, 0.25) is 5.95 Å². The van der Waals surface area contributed by atoms with E-state index < -0.39 is 22.9 Å². The lowest BCUT2D eigenvalue weighted by molar-refractivity contribution is 0.0956. The summed E-state index contributed by atoms with van der Waals surface area (Å²) in [5.74, 6) is -1.81. The zero-order chi connectivity index (χ0) is 28.8. The molecule has 0 aliphatic heterocycles. The van der Waals surface area contributed by atoms with Crippen LogP contribution in [0.15, 0.2) is 53.3 Å². The lowest BCUT2D eigenvalue weighted by atomic mass is 9.99. The minimum atomic E-state index is -0.891. The van der Waals surface area contributed by atoms with E-state index in [1.807, 2.05) is 19.9 Å². The maximum atomic E-state index is 14.9. The number of anilines is 1. The van der Waals surface area contributed by atoms with Crippen LogP contribution in [0.5, 0.6) is 0 Å². The molecule has 0 fully saturated rings. The molecule has 210 valence electrons. The van der Waals surface area contributed by atoms with Crippen LogP contribution >= 0.6 is 0 Å². The summed E-state index contributed by atoms with van der Waals surface area (Å²) in [4.78, 5) is 37.3. The lowest BCUT2D eigenvalue weighted by Gasteiger charge is -2.18. The fourth-order valence-corrected chi connectivity index (χ4v) is 4.64. The number of hydrogen-bond acceptors (Lipinski definition) is 6. The Kier molecular flexibility index (Phi) is 9.21. The lowest BCUT2D eigenvalue weighted by Crippen LogP contribution is -2.25. The molecule has 2 heterocycles. The van der Waals surface area contributed by atoms with Crippen LogP contribution in [0.4, 0.5) is 14.7 Å². The van der Waals surface area contributed by atoms with E-state index in [2.05, 4.69) is 34.4 Å². The molecule has 0 bridgehead atoms. The number of halogens is 2. The molecule has 0 radical (unpaired) electrons. The van der Waals surface area contributed by atoms with Crippen LogP contribution < -0.4 is 16.2 Å². The molecule has 2 N–H and O–H groups in total. The van der Waals surface area contributed by atoms with E-state index in [0.29, 0.717) is 35.3 Å². The molecular formula is C30H34F2N6O2. The summed E-state index contributed by atoms with van der Waals surface area (Å²) < 4.78 is 30.8. The Hall–Kier alpha value is -4.18. The molecule has 10 heteroatoms. The van der Waals surface area contributed by atoms with Gasteiger partial charge >= 0.3 is 0 Å². The van der Waals surface area contributed by atoms with Gasteiger partial charge in [-0.15, -0.1) is 0 Å². The first-order valence-corrected chi connectivity index (χ1v) is 13.5. The Balaban J connectivity index is 1.92. The first-order valence-electron chi connectivity index (χ1n) is 13.5. The molecule has 40 heavy (non-hydrogen) atoms. The van der Waals surface area contributed by atoms with Gasteiger partial charge in [-0.1, -0.05) is 26.0 Å². The maximum absolute atomic E-state index is 14.9. The molecule has 1 amide bonds. The van der Waals surface area contributed by atoms with E-state index in [-0.39, 0.29) is 17.5 Å². The molecule has 2 aromatic carbocycles. The number of fused-ring (bicyclic) bond motifs is 1. The van der Waals surface area contributed by atoms with Crippen molar-refractivity contribution in [3.63, 3.8) is 0 Å². The summed E-state index contributed by atoms with van der Waals surface area (Å²) >= 11 is 0. The predicted molar refractivity (Wildman–Crippen MR) is 154 cm³/mol. The third kappa shape index (κ3) is 6.02. The second-order valence-corrected chi connectivity index (χ2v) is 9.41. The second kappa shape index (κ2) is 12.8. The fraction of sp³-hybridized carbons (Fsp3) is 0.333. The van der Waals surface area contributed by atoms with Gasteiger partial charge in [0.1, 0.15) is 17.3 Å². The van der Waals surface area contributed by atoms with Gasteiger partial charge < -0.3 is 15.5 Å². The standard InChI is InChI=1S/C30H34F2N6O2/c1-5-33-29(40)20-13-12-19(4)22(18-20)26-21-14-15-25(39)38(27-23(31)10-8-11-24(27)32)28(21)36-30(35-26)34-16-9-17-37(6-2)7-3/h8,10-15,18H,5-7,9,16-17H2,1-4H3,(H,33,40)(H,34,35,36). The van der Waals surface area contributed by atoms with E-state index >= 15 is 0 Å². The average Bonchev–Trinajstić information content (AvgIpc) is 2.94. The van der Waals surface area contributed by atoms with Crippen molar-refractivity contribution in [3.8, 4) is 16.9 Å². The molecule has 0 unspecified atom stereocenters. The summed E-state index contributed by atoms with van der Waals surface area (Å²) in [5.41, 5.74) is 1.25. The number of hydrogen-bond donors (Lipinski definition) is 2. The van der Waals surface area contributed by atoms with Crippen LogP contribution in [-0.2, 0) is 0 Å². The summed E-state index contributed by atoms with van der Waals surface area (Å²) in [5, 5.41) is 6.43. The van der Waals surface area contributed by atoms with Crippen LogP contribution in [0.2, 0.25) is 0 Å². The number of rotatable bonds is 11. The zero-order valence-corrected chi connectivity index (χ0v) is 23.2. The summed E-state index contributed by atoms with van der Waals surface area (Å²) in [6.07, 6.45) is 0.813. The topological polar surface area (TPSA) is 92.2 Å².